The summed E-state index contributed by atoms with van der Waals surface area (Å²) in [4.78, 5) is 57.7. The van der Waals surface area contributed by atoms with Crippen LogP contribution in [0.5, 0.6) is 0 Å². The minimum absolute atomic E-state index is 0.148. The molecule has 0 spiro atoms. The van der Waals surface area contributed by atoms with E-state index in [4.69, 9.17) is 24.8 Å². The summed E-state index contributed by atoms with van der Waals surface area (Å²) in [5.74, 6) is -2.28. The van der Waals surface area contributed by atoms with Crippen molar-refractivity contribution in [2.24, 2.45) is 5.73 Å². The number of nitrogens with two attached hydrogens (primary N) is 1. The molecule has 0 aliphatic heterocycles. The minimum Gasteiger partial charge on any atom is -0.480 e. The third-order valence-corrected chi connectivity index (χ3v) is 10.6. The van der Waals surface area contributed by atoms with Crippen LogP contribution in [0.15, 0.2) is 24.3 Å². The van der Waals surface area contributed by atoms with Crippen LogP contribution in [-0.2, 0) is 42.3 Å². The molecule has 4 N–H and O–H groups in total. The summed E-state index contributed by atoms with van der Waals surface area (Å²) in [6.45, 7) is 2.62. The summed E-state index contributed by atoms with van der Waals surface area (Å²) in [6.07, 6.45) is 36.5. The first-order chi connectivity index (χ1) is 27.5. The maximum atomic E-state index is 12.6. The fraction of sp³-hybridized carbons (Fsp3) is 0.818. The second kappa shape index (κ2) is 39.1. The first-order valence-corrected chi connectivity index (χ1v) is 23.8. The molecule has 57 heavy (non-hydrogen) atoms. The van der Waals surface area contributed by atoms with Crippen molar-refractivity contribution in [1.82, 2.24) is 0 Å². The highest BCUT2D eigenvalue weighted by molar-refractivity contribution is 7.47. The Bertz CT molecular complexity index is 1130. The number of carbonyl (C=O) groups is 4. The van der Waals surface area contributed by atoms with E-state index in [9.17, 15) is 28.6 Å². The molecule has 0 aliphatic carbocycles. The van der Waals surface area contributed by atoms with Gasteiger partial charge in [0.15, 0.2) is 11.9 Å². The quantitative estimate of drug-likeness (QED) is 0.0174. The van der Waals surface area contributed by atoms with E-state index in [1.165, 1.54) is 83.5 Å². The fourth-order valence-electron chi connectivity index (χ4n) is 6.11. The Hall–Kier alpha value is -2.37. The normalized spacial score (nSPS) is 13.8. The number of carboxylic acids is 1. The van der Waals surface area contributed by atoms with Crippen molar-refractivity contribution in [3.05, 3.63) is 24.3 Å². The molecule has 0 rings (SSSR count). The van der Waals surface area contributed by atoms with Gasteiger partial charge in [-0.25, -0.2) is 4.57 Å². The van der Waals surface area contributed by atoms with Crippen molar-refractivity contribution < 1.29 is 52.3 Å². The Morgan fingerprint density at radius 1 is 0.579 bits per heavy atom. The monoisotopic (exact) mass is 830 g/mol. The van der Waals surface area contributed by atoms with Crippen LogP contribution in [0.3, 0.4) is 0 Å². The number of unbranched alkanes of at least 4 members (excludes halogenated alkanes) is 23. The largest absolute Gasteiger partial charge is 0.480 e. The minimum atomic E-state index is -4.73. The van der Waals surface area contributed by atoms with E-state index < -0.39 is 51.1 Å². The molecule has 332 valence electrons. The van der Waals surface area contributed by atoms with Crippen molar-refractivity contribution in [2.75, 3.05) is 19.8 Å². The zero-order chi connectivity index (χ0) is 42.2. The highest BCUT2D eigenvalue weighted by atomic mass is 31.2. The molecule has 0 saturated carbocycles. The van der Waals surface area contributed by atoms with Gasteiger partial charge in [0, 0.05) is 19.3 Å². The number of hydrogen-bond donors (Lipinski definition) is 3. The highest BCUT2D eigenvalue weighted by Gasteiger charge is 2.28. The van der Waals surface area contributed by atoms with Gasteiger partial charge in [0.05, 0.1) is 13.2 Å². The predicted molar refractivity (Wildman–Crippen MR) is 227 cm³/mol. The van der Waals surface area contributed by atoms with E-state index in [2.05, 4.69) is 24.4 Å². The topological polar surface area (TPSA) is 189 Å². The number of hydrogen-bond acceptors (Lipinski definition) is 10. The number of carboxylic acid groups (broad SMARTS) is 1. The lowest BCUT2D eigenvalue weighted by Gasteiger charge is -2.20. The standard InChI is InChI=1S/C44H80NO11P/c1-3-5-7-8-9-10-11-12-13-14-15-16-17-20-24-27-31-35-43(48)56-40(37-54-57(51,52)55-38-41(45)44(49)50)36-53-42(47)34-30-26-23-21-18-19-22-25-29-33-39(46)32-28-6-4-2/h22,25,29,33,40-41H,3-21,23-24,26-28,30-32,34-38,45H2,1-2H3,(H,49,50)(H,51,52)/b25-22-,33-29+/t40-,41+/m1/s1. The first-order valence-electron chi connectivity index (χ1n) is 22.3. The summed E-state index contributed by atoms with van der Waals surface area (Å²) in [5.41, 5.74) is 5.33. The summed E-state index contributed by atoms with van der Waals surface area (Å²) in [6, 6.07) is -1.53. The molecule has 0 aromatic heterocycles. The van der Waals surface area contributed by atoms with Crippen molar-refractivity contribution in [3.63, 3.8) is 0 Å². The molecule has 0 heterocycles. The molecule has 0 radical (unpaired) electrons. The average molecular weight is 830 g/mol. The molecule has 0 aromatic carbocycles. The number of ether oxygens (including phenoxy) is 2. The molecule has 1 unspecified atom stereocenters. The molecular formula is C44H80NO11P. The van der Waals surface area contributed by atoms with Crippen LogP contribution in [0, 0.1) is 0 Å². The second-order valence-corrected chi connectivity index (χ2v) is 16.7. The maximum Gasteiger partial charge on any atom is 0.472 e. The number of ketones is 1. The Morgan fingerprint density at radius 3 is 1.54 bits per heavy atom. The predicted octanol–water partition coefficient (Wildman–Crippen LogP) is 11.0. The van der Waals surface area contributed by atoms with E-state index in [1.807, 2.05) is 6.08 Å². The lowest BCUT2D eigenvalue weighted by Crippen LogP contribution is -2.34. The summed E-state index contributed by atoms with van der Waals surface area (Å²) in [7, 11) is -4.73. The molecule has 0 amide bonds. The summed E-state index contributed by atoms with van der Waals surface area (Å²) < 4.78 is 32.7. The van der Waals surface area contributed by atoms with E-state index in [1.54, 1.807) is 12.2 Å². The molecule has 0 bridgehead atoms. The fourth-order valence-corrected chi connectivity index (χ4v) is 6.88. The zero-order valence-electron chi connectivity index (χ0n) is 35.7. The molecule has 0 aromatic rings. The van der Waals surface area contributed by atoms with Crippen molar-refractivity contribution in [1.29, 1.82) is 0 Å². The lowest BCUT2D eigenvalue weighted by atomic mass is 10.0. The number of esters is 2. The van der Waals surface area contributed by atoms with Gasteiger partial charge in [-0.3, -0.25) is 28.2 Å². The Kier molecular flexibility index (Phi) is 37.5. The lowest BCUT2D eigenvalue weighted by molar-refractivity contribution is -0.161. The summed E-state index contributed by atoms with van der Waals surface area (Å²) in [5, 5.41) is 8.89. The smallest absolute Gasteiger partial charge is 0.472 e. The van der Waals surface area contributed by atoms with Gasteiger partial charge in [0.25, 0.3) is 0 Å². The summed E-state index contributed by atoms with van der Waals surface area (Å²) >= 11 is 0. The second-order valence-electron chi connectivity index (χ2n) is 15.2. The number of allylic oxidation sites excluding steroid dienone is 4. The number of rotatable bonds is 42. The molecule has 13 heteroatoms. The van der Waals surface area contributed by atoms with Crippen LogP contribution in [0.2, 0.25) is 0 Å². The van der Waals surface area contributed by atoms with Crippen LogP contribution < -0.4 is 5.73 Å². The Morgan fingerprint density at radius 2 is 1.02 bits per heavy atom. The Labute approximate surface area is 345 Å². The van der Waals surface area contributed by atoms with E-state index >= 15 is 0 Å². The Balaban J connectivity index is 4.38. The molecular weight excluding hydrogens is 749 g/mol. The number of phosphoric ester groups is 1. The SMILES string of the molecule is CCCCCCCCCCCCCCCCCCCC(=O)O[C@H](COC(=O)CCCCCCC/C=C\C=C\C(=O)CCCCC)COP(=O)(O)OC[C@H](N)C(=O)O. The van der Waals surface area contributed by atoms with Crippen LogP contribution in [0.1, 0.15) is 200 Å². The van der Waals surface area contributed by atoms with Crippen molar-refractivity contribution in [3.8, 4) is 0 Å². The molecule has 12 nitrogen and oxygen atoms in total. The van der Waals surface area contributed by atoms with Crippen LogP contribution >= 0.6 is 7.82 Å². The van der Waals surface area contributed by atoms with Gasteiger partial charge >= 0.3 is 25.7 Å². The van der Waals surface area contributed by atoms with Gasteiger partial charge in [0.1, 0.15) is 12.6 Å². The number of carbonyl (C=O) groups excluding carboxylic acids is 3. The van der Waals surface area contributed by atoms with Gasteiger partial charge in [-0.05, 0) is 38.2 Å². The van der Waals surface area contributed by atoms with E-state index in [-0.39, 0.29) is 25.2 Å². The van der Waals surface area contributed by atoms with Gasteiger partial charge in [-0.15, -0.1) is 0 Å². The number of phosphoric acid groups is 1. The van der Waals surface area contributed by atoms with Crippen LogP contribution in [0.25, 0.3) is 0 Å². The molecule has 0 aliphatic rings. The van der Waals surface area contributed by atoms with Crippen LogP contribution in [-0.4, -0.2) is 65.7 Å². The maximum absolute atomic E-state index is 12.6. The highest BCUT2D eigenvalue weighted by Crippen LogP contribution is 2.43. The van der Waals surface area contributed by atoms with Crippen molar-refractivity contribution in [2.45, 2.75) is 212 Å². The van der Waals surface area contributed by atoms with E-state index in [0.29, 0.717) is 19.3 Å². The third kappa shape index (κ3) is 38.9. The van der Waals surface area contributed by atoms with Gasteiger partial charge < -0.3 is 25.2 Å². The van der Waals surface area contributed by atoms with Crippen LogP contribution in [0.4, 0.5) is 0 Å². The molecule has 0 saturated heterocycles. The first kappa shape index (κ1) is 54.6. The molecule has 3 atom stereocenters. The molecule has 0 fully saturated rings. The van der Waals surface area contributed by atoms with Crippen molar-refractivity contribution >= 4 is 31.5 Å². The zero-order valence-corrected chi connectivity index (χ0v) is 36.6. The third-order valence-electron chi connectivity index (χ3n) is 9.68. The van der Waals surface area contributed by atoms with Gasteiger partial charge in [-0.2, -0.15) is 0 Å². The van der Waals surface area contributed by atoms with Gasteiger partial charge in [0.2, 0.25) is 0 Å². The average Bonchev–Trinajstić information content (AvgIpc) is 3.18. The van der Waals surface area contributed by atoms with Gasteiger partial charge in [-0.1, -0.05) is 167 Å². The number of aliphatic carboxylic acids is 1. The van der Waals surface area contributed by atoms with E-state index in [0.717, 1.165) is 70.6 Å².